The molecule has 0 saturated heterocycles. The maximum atomic E-state index is 13.8. The van der Waals surface area contributed by atoms with Gasteiger partial charge in [-0.3, -0.25) is 0 Å². The molecular weight excluding hydrogens is 267 g/mol. The van der Waals surface area contributed by atoms with Gasteiger partial charge in [0, 0.05) is 11.6 Å². The van der Waals surface area contributed by atoms with Crippen LogP contribution in [0.4, 0.5) is 4.39 Å². The van der Waals surface area contributed by atoms with Gasteiger partial charge in [-0.25, -0.2) is 9.18 Å². The van der Waals surface area contributed by atoms with Crippen molar-refractivity contribution >= 4 is 5.97 Å². The third-order valence-electron chi connectivity index (χ3n) is 2.53. The van der Waals surface area contributed by atoms with Gasteiger partial charge in [-0.1, -0.05) is 11.2 Å². The molecule has 0 aliphatic heterocycles. The molecule has 0 radical (unpaired) electrons. The minimum absolute atomic E-state index is 0.0819. The van der Waals surface area contributed by atoms with Gasteiger partial charge in [0.15, 0.2) is 0 Å². The molecule has 0 aliphatic rings. The molecule has 106 valence electrons. The summed E-state index contributed by atoms with van der Waals surface area (Å²) in [6, 6.07) is 5.52. The zero-order valence-corrected chi connectivity index (χ0v) is 10.7. The van der Waals surface area contributed by atoms with Crippen molar-refractivity contribution in [2.45, 2.75) is 13.5 Å². The number of hydrogen-bond acceptors (Lipinski definition) is 5. The number of aromatic nitrogens is 2. The molecule has 0 unspecified atom stereocenters. The van der Waals surface area contributed by atoms with Crippen molar-refractivity contribution in [3.05, 3.63) is 47.4 Å². The Hall–Kier alpha value is -2.57. The highest BCUT2D eigenvalue weighted by molar-refractivity contribution is 5.91. The summed E-state index contributed by atoms with van der Waals surface area (Å²) in [5, 5.41) is 12.6. The average molecular weight is 280 g/mol. The normalized spacial score (nSPS) is 10.3. The maximum Gasteiger partial charge on any atom is 0.338 e. The number of rotatable bonds is 5. The molecule has 1 N–H and O–H groups in total. The Kier molecular flexibility index (Phi) is 4.19. The van der Waals surface area contributed by atoms with Gasteiger partial charge in [0.25, 0.3) is 0 Å². The summed E-state index contributed by atoms with van der Waals surface area (Å²) < 4.78 is 23.9. The molecule has 0 amide bonds. The molecule has 2 aromatic rings. The summed E-state index contributed by atoms with van der Waals surface area (Å²) in [5.74, 6) is -1.07. The van der Waals surface area contributed by atoms with Gasteiger partial charge >= 0.3 is 5.97 Å². The van der Waals surface area contributed by atoms with E-state index in [1.807, 2.05) is 0 Å². The van der Waals surface area contributed by atoms with Crippen LogP contribution in [-0.4, -0.2) is 27.7 Å². The van der Waals surface area contributed by atoms with Crippen LogP contribution in [0.2, 0.25) is 0 Å². The van der Waals surface area contributed by atoms with Gasteiger partial charge in [0.05, 0.1) is 18.4 Å². The number of nitrogens with zero attached hydrogens (tertiary/aromatic N) is 2. The van der Waals surface area contributed by atoms with Crippen LogP contribution in [0, 0.1) is 5.82 Å². The van der Waals surface area contributed by atoms with Gasteiger partial charge in [0.2, 0.25) is 5.88 Å². The van der Waals surface area contributed by atoms with E-state index in [1.54, 1.807) is 6.92 Å². The van der Waals surface area contributed by atoms with Crippen LogP contribution in [0.1, 0.15) is 22.8 Å². The summed E-state index contributed by atoms with van der Waals surface area (Å²) in [7, 11) is 0. The first kappa shape index (κ1) is 13.9. The summed E-state index contributed by atoms with van der Waals surface area (Å²) in [6.07, 6.45) is 1.27. The summed E-state index contributed by atoms with van der Waals surface area (Å²) >= 11 is 0. The standard InChI is InChI=1S/C13H13FN2O4/c1-2-19-13(17)9-4-3-5-11(14)10(9)8-20-12-6-7-16(18)15-12/h3-7,18H,2,8H2,1H3. The van der Waals surface area contributed by atoms with Crippen LogP contribution in [0.5, 0.6) is 5.88 Å². The van der Waals surface area contributed by atoms with Crippen molar-refractivity contribution in [3.63, 3.8) is 0 Å². The summed E-state index contributed by atoms with van der Waals surface area (Å²) in [6.45, 7) is 1.67. The van der Waals surface area contributed by atoms with E-state index >= 15 is 0 Å². The van der Waals surface area contributed by atoms with Crippen LogP contribution in [0.25, 0.3) is 0 Å². The molecule has 1 heterocycles. The molecule has 0 fully saturated rings. The van der Waals surface area contributed by atoms with E-state index in [1.165, 1.54) is 30.5 Å². The fourth-order valence-electron chi connectivity index (χ4n) is 1.63. The molecule has 1 aromatic carbocycles. The predicted octanol–water partition coefficient (Wildman–Crippen LogP) is 2.02. The number of hydrogen-bond donors (Lipinski definition) is 1. The third kappa shape index (κ3) is 3.05. The zero-order chi connectivity index (χ0) is 14.5. The van der Waals surface area contributed by atoms with E-state index in [-0.39, 0.29) is 30.2 Å². The van der Waals surface area contributed by atoms with Crippen LogP contribution in [0.15, 0.2) is 30.5 Å². The van der Waals surface area contributed by atoms with Crippen LogP contribution in [-0.2, 0) is 11.3 Å². The smallest absolute Gasteiger partial charge is 0.338 e. The van der Waals surface area contributed by atoms with Crippen molar-refractivity contribution in [1.29, 1.82) is 0 Å². The predicted molar refractivity (Wildman–Crippen MR) is 66.1 cm³/mol. The molecule has 0 saturated carbocycles. The van der Waals surface area contributed by atoms with Crippen molar-refractivity contribution in [3.8, 4) is 5.88 Å². The lowest BCUT2D eigenvalue weighted by Gasteiger charge is -2.10. The Balaban J connectivity index is 2.19. The molecule has 7 heteroatoms. The zero-order valence-electron chi connectivity index (χ0n) is 10.7. The number of carbonyl (C=O) groups is 1. The molecule has 6 nitrogen and oxygen atoms in total. The Morgan fingerprint density at radius 2 is 2.25 bits per heavy atom. The first-order valence-corrected chi connectivity index (χ1v) is 5.94. The lowest BCUT2D eigenvalue weighted by atomic mass is 10.1. The second-order valence-corrected chi connectivity index (χ2v) is 3.85. The van der Waals surface area contributed by atoms with Crippen molar-refractivity contribution in [1.82, 2.24) is 9.94 Å². The fraction of sp³-hybridized carbons (Fsp3) is 0.231. The lowest BCUT2D eigenvalue weighted by molar-refractivity contribution is 0.0522. The molecule has 2 rings (SSSR count). The molecule has 1 aromatic heterocycles. The van der Waals surface area contributed by atoms with Gasteiger partial charge in [0.1, 0.15) is 12.4 Å². The van der Waals surface area contributed by atoms with E-state index in [4.69, 9.17) is 14.7 Å². The van der Waals surface area contributed by atoms with E-state index in [2.05, 4.69) is 5.10 Å². The Bertz CT molecular complexity index is 612. The maximum absolute atomic E-state index is 13.8. The van der Waals surface area contributed by atoms with E-state index in [0.29, 0.717) is 4.85 Å². The molecule has 20 heavy (non-hydrogen) atoms. The molecule has 0 aliphatic carbocycles. The van der Waals surface area contributed by atoms with Gasteiger partial charge in [-0.05, 0) is 19.1 Å². The molecular formula is C13H13FN2O4. The minimum atomic E-state index is -0.613. The second kappa shape index (κ2) is 6.05. The van der Waals surface area contributed by atoms with E-state index in [9.17, 15) is 9.18 Å². The number of carbonyl (C=O) groups excluding carboxylic acids is 1. The van der Waals surface area contributed by atoms with Crippen molar-refractivity contribution < 1.29 is 23.9 Å². The first-order chi connectivity index (χ1) is 9.61. The summed E-state index contributed by atoms with van der Waals surface area (Å²) in [5.41, 5.74) is 0.189. The third-order valence-corrected chi connectivity index (χ3v) is 2.53. The number of benzene rings is 1. The highest BCUT2D eigenvalue weighted by Gasteiger charge is 2.17. The van der Waals surface area contributed by atoms with E-state index < -0.39 is 11.8 Å². The molecule has 0 bridgehead atoms. The monoisotopic (exact) mass is 280 g/mol. The van der Waals surface area contributed by atoms with Crippen LogP contribution < -0.4 is 4.74 Å². The van der Waals surface area contributed by atoms with Crippen LogP contribution >= 0.6 is 0 Å². The SMILES string of the molecule is CCOC(=O)c1cccc(F)c1COc1ccn(O)n1. The van der Waals surface area contributed by atoms with Gasteiger partial charge < -0.3 is 14.7 Å². The highest BCUT2D eigenvalue weighted by Crippen LogP contribution is 2.17. The van der Waals surface area contributed by atoms with Crippen molar-refractivity contribution in [2.24, 2.45) is 0 Å². The van der Waals surface area contributed by atoms with E-state index in [0.717, 1.165) is 0 Å². The Morgan fingerprint density at radius 1 is 1.45 bits per heavy atom. The largest absolute Gasteiger partial charge is 0.472 e. The van der Waals surface area contributed by atoms with Gasteiger partial charge in [-0.2, -0.15) is 0 Å². The Morgan fingerprint density at radius 3 is 2.90 bits per heavy atom. The minimum Gasteiger partial charge on any atom is -0.472 e. The van der Waals surface area contributed by atoms with Crippen LogP contribution in [0.3, 0.4) is 0 Å². The number of ether oxygens (including phenoxy) is 2. The van der Waals surface area contributed by atoms with Crippen molar-refractivity contribution in [2.75, 3.05) is 6.61 Å². The highest BCUT2D eigenvalue weighted by atomic mass is 19.1. The molecule has 0 atom stereocenters. The fourth-order valence-corrected chi connectivity index (χ4v) is 1.63. The number of halogens is 1. The first-order valence-electron chi connectivity index (χ1n) is 5.94. The molecule has 0 spiro atoms. The lowest BCUT2D eigenvalue weighted by Crippen LogP contribution is -2.11. The topological polar surface area (TPSA) is 73.6 Å². The van der Waals surface area contributed by atoms with Gasteiger partial charge in [-0.15, -0.1) is 4.85 Å². The number of esters is 1. The quantitative estimate of drug-likeness (QED) is 0.670. The second-order valence-electron chi connectivity index (χ2n) is 3.85. The summed E-state index contributed by atoms with van der Waals surface area (Å²) in [4.78, 5) is 12.3. The Labute approximate surface area is 114 Å². The average Bonchev–Trinajstić information content (AvgIpc) is 2.83.